The zero-order valence-corrected chi connectivity index (χ0v) is 10.3. The van der Waals surface area contributed by atoms with Crippen LogP contribution in [0.15, 0.2) is 12.7 Å². The van der Waals surface area contributed by atoms with Gasteiger partial charge in [-0.05, 0) is 12.8 Å². The standard InChI is InChI=1S/C10H19NO4S/c1-3-5-7-9(10(12)13)11-16(14,15)8-6-4-2/h4,9,11H,2-3,5-8H2,1H3,(H,12,13)/t9-/m0/s1. The van der Waals surface area contributed by atoms with Crippen LogP contribution in [0.1, 0.15) is 32.6 Å². The van der Waals surface area contributed by atoms with Gasteiger partial charge in [0.15, 0.2) is 0 Å². The zero-order chi connectivity index (χ0) is 12.6. The Morgan fingerprint density at radius 3 is 2.62 bits per heavy atom. The first-order chi connectivity index (χ1) is 7.43. The Morgan fingerprint density at radius 1 is 1.56 bits per heavy atom. The third kappa shape index (κ3) is 6.58. The molecule has 1 atom stereocenters. The van der Waals surface area contributed by atoms with Crippen molar-refractivity contribution < 1.29 is 18.3 Å². The van der Waals surface area contributed by atoms with E-state index in [1.807, 2.05) is 6.92 Å². The van der Waals surface area contributed by atoms with Gasteiger partial charge in [0.1, 0.15) is 6.04 Å². The molecule has 0 aliphatic heterocycles. The first-order valence-electron chi connectivity index (χ1n) is 5.26. The Hall–Kier alpha value is -0.880. The normalized spacial score (nSPS) is 13.3. The number of carbonyl (C=O) groups is 1. The molecule has 0 unspecified atom stereocenters. The van der Waals surface area contributed by atoms with Crippen LogP contribution in [0.3, 0.4) is 0 Å². The van der Waals surface area contributed by atoms with E-state index in [0.717, 1.165) is 6.42 Å². The summed E-state index contributed by atoms with van der Waals surface area (Å²) in [6, 6.07) is -1.02. The Kier molecular flexibility index (Phi) is 7.00. The zero-order valence-electron chi connectivity index (χ0n) is 9.48. The van der Waals surface area contributed by atoms with Crippen LogP contribution in [0.2, 0.25) is 0 Å². The molecule has 0 heterocycles. The Balaban J connectivity index is 4.37. The average molecular weight is 249 g/mol. The molecule has 5 nitrogen and oxygen atoms in total. The second kappa shape index (κ2) is 7.40. The maximum Gasteiger partial charge on any atom is 0.321 e. The number of nitrogens with one attached hydrogen (secondary N) is 1. The Bertz CT molecular complexity index is 324. The number of hydrogen-bond donors (Lipinski definition) is 2. The fourth-order valence-corrected chi connectivity index (χ4v) is 2.40. The lowest BCUT2D eigenvalue weighted by molar-refractivity contribution is -0.139. The van der Waals surface area contributed by atoms with E-state index in [1.165, 1.54) is 6.08 Å². The molecule has 0 aromatic carbocycles. The number of sulfonamides is 1. The maximum absolute atomic E-state index is 11.4. The van der Waals surface area contributed by atoms with Crippen LogP contribution in [-0.2, 0) is 14.8 Å². The minimum atomic E-state index is -3.52. The molecule has 2 N–H and O–H groups in total. The largest absolute Gasteiger partial charge is 0.480 e. The van der Waals surface area contributed by atoms with Crippen molar-refractivity contribution in [3.8, 4) is 0 Å². The Morgan fingerprint density at radius 2 is 2.19 bits per heavy atom. The summed E-state index contributed by atoms with van der Waals surface area (Å²) in [6.45, 7) is 5.34. The highest BCUT2D eigenvalue weighted by Crippen LogP contribution is 2.03. The van der Waals surface area contributed by atoms with Gasteiger partial charge in [-0.25, -0.2) is 13.1 Å². The second-order valence-corrected chi connectivity index (χ2v) is 5.42. The van der Waals surface area contributed by atoms with Crippen molar-refractivity contribution >= 4 is 16.0 Å². The van der Waals surface area contributed by atoms with Crippen molar-refractivity contribution in [1.82, 2.24) is 4.72 Å². The van der Waals surface area contributed by atoms with Crippen LogP contribution >= 0.6 is 0 Å². The molecule has 0 saturated carbocycles. The second-order valence-electron chi connectivity index (χ2n) is 3.55. The molecule has 0 aliphatic rings. The fraction of sp³-hybridized carbons (Fsp3) is 0.700. The molecular weight excluding hydrogens is 230 g/mol. The van der Waals surface area contributed by atoms with Crippen molar-refractivity contribution in [2.24, 2.45) is 0 Å². The number of rotatable bonds is 9. The molecule has 0 aliphatic carbocycles. The Labute approximate surface area is 96.6 Å². The van der Waals surface area contributed by atoms with Gasteiger partial charge in [-0.15, -0.1) is 6.58 Å². The minimum absolute atomic E-state index is 0.119. The number of carboxylic acids is 1. The number of hydrogen-bond acceptors (Lipinski definition) is 3. The lowest BCUT2D eigenvalue weighted by atomic mass is 10.1. The third-order valence-corrected chi connectivity index (χ3v) is 3.47. The van der Waals surface area contributed by atoms with E-state index in [1.54, 1.807) is 0 Å². The molecule has 0 rings (SSSR count). The molecule has 0 radical (unpaired) electrons. The molecule has 0 spiro atoms. The molecule has 6 heteroatoms. The molecule has 94 valence electrons. The first-order valence-corrected chi connectivity index (χ1v) is 6.92. The predicted molar refractivity (Wildman–Crippen MR) is 62.7 cm³/mol. The quantitative estimate of drug-likeness (QED) is 0.600. The van der Waals surface area contributed by atoms with Crippen LogP contribution in [0.4, 0.5) is 0 Å². The summed E-state index contributed by atoms with van der Waals surface area (Å²) in [6.07, 6.45) is 3.63. The van der Waals surface area contributed by atoms with Crippen LogP contribution < -0.4 is 4.72 Å². The molecular formula is C10H19NO4S. The van der Waals surface area contributed by atoms with Gasteiger partial charge < -0.3 is 5.11 Å². The predicted octanol–water partition coefficient (Wildman–Crippen LogP) is 1.13. The average Bonchev–Trinajstić information content (AvgIpc) is 2.21. The van der Waals surface area contributed by atoms with Crippen molar-refractivity contribution in [1.29, 1.82) is 0 Å². The van der Waals surface area contributed by atoms with E-state index in [0.29, 0.717) is 19.3 Å². The highest BCUT2D eigenvalue weighted by Gasteiger charge is 2.22. The summed E-state index contributed by atoms with van der Waals surface area (Å²) in [4.78, 5) is 10.8. The topological polar surface area (TPSA) is 83.5 Å². The summed E-state index contributed by atoms with van der Waals surface area (Å²) < 4.78 is 25.1. The number of carboxylic acid groups (broad SMARTS) is 1. The van der Waals surface area contributed by atoms with Gasteiger partial charge in [0, 0.05) is 0 Å². The van der Waals surface area contributed by atoms with Gasteiger partial charge in [0.2, 0.25) is 10.0 Å². The molecule has 0 aromatic heterocycles. The van der Waals surface area contributed by atoms with Gasteiger partial charge in [0.25, 0.3) is 0 Å². The van der Waals surface area contributed by atoms with E-state index >= 15 is 0 Å². The number of allylic oxidation sites excluding steroid dienone is 1. The van der Waals surface area contributed by atoms with E-state index in [4.69, 9.17) is 5.11 Å². The maximum atomic E-state index is 11.4. The molecule has 0 fully saturated rings. The van der Waals surface area contributed by atoms with Crippen molar-refractivity contribution in [3.05, 3.63) is 12.7 Å². The molecule has 0 bridgehead atoms. The monoisotopic (exact) mass is 249 g/mol. The lowest BCUT2D eigenvalue weighted by Gasteiger charge is -2.13. The van der Waals surface area contributed by atoms with Crippen LogP contribution in [0.5, 0.6) is 0 Å². The highest BCUT2D eigenvalue weighted by atomic mass is 32.2. The fourth-order valence-electron chi connectivity index (χ4n) is 1.16. The number of unbranched alkanes of at least 4 members (excludes halogenated alkanes) is 1. The third-order valence-electron chi connectivity index (χ3n) is 2.06. The summed E-state index contributed by atoms with van der Waals surface area (Å²) in [5, 5.41) is 8.84. The van der Waals surface area contributed by atoms with E-state index in [9.17, 15) is 13.2 Å². The van der Waals surface area contributed by atoms with Gasteiger partial charge >= 0.3 is 5.97 Å². The van der Waals surface area contributed by atoms with Crippen molar-refractivity contribution in [2.45, 2.75) is 38.6 Å². The first kappa shape index (κ1) is 15.1. The molecule has 0 aromatic rings. The highest BCUT2D eigenvalue weighted by molar-refractivity contribution is 7.89. The number of aliphatic carboxylic acids is 1. The van der Waals surface area contributed by atoms with Crippen molar-refractivity contribution in [2.75, 3.05) is 5.75 Å². The lowest BCUT2D eigenvalue weighted by Crippen LogP contribution is -2.41. The summed E-state index contributed by atoms with van der Waals surface area (Å²) in [5.74, 6) is -1.25. The van der Waals surface area contributed by atoms with E-state index in [-0.39, 0.29) is 5.75 Å². The van der Waals surface area contributed by atoms with E-state index < -0.39 is 22.0 Å². The summed E-state index contributed by atoms with van der Waals surface area (Å²) in [7, 11) is -3.52. The SMILES string of the molecule is C=CCCS(=O)(=O)N[C@@H](CCCC)C(=O)O. The van der Waals surface area contributed by atoms with Crippen molar-refractivity contribution in [3.63, 3.8) is 0 Å². The molecule has 0 amide bonds. The molecule has 16 heavy (non-hydrogen) atoms. The molecule has 0 saturated heterocycles. The van der Waals surface area contributed by atoms with Gasteiger partial charge in [-0.1, -0.05) is 25.8 Å². The van der Waals surface area contributed by atoms with Gasteiger partial charge in [0.05, 0.1) is 5.75 Å². The van der Waals surface area contributed by atoms with Crippen LogP contribution in [-0.4, -0.2) is 31.3 Å². The van der Waals surface area contributed by atoms with E-state index in [2.05, 4.69) is 11.3 Å². The van der Waals surface area contributed by atoms with Crippen LogP contribution in [0.25, 0.3) is 0 Å². The van der Waals surface area contributed by atoms with Crippen LogP contribution in [0, 0.1) is 0 Å². The van der Waals surface area contributed by atoms with Gasteiger partial charge in [-0.2, -0.15) is 0 Å². The minimum Gasteiger partial charge on any atom is -0.480 e. The summed E-state index contributed by atoms with van der Waals surface area (Å²) >= 11 is 0. The smallest absolute Gasteiger partial charge is 0.321 e. The summed E-state index contributed by atoms with van der Waals surface area (Å²) in [5.41, 5.74) is 0. The van der Waals surface area contributed by atoms with Gasteiger partial charge in [-0.3, -0.25) is 4.79 Å².